The van der Waals surface area contributed by atoms with Gasteiger partial charge in [0, 0.05) is 0 Å². The van der Waals surface area contributed by atoms with Crippen molar-refractivity contribution in [1.82, 2.24) is 0 Å². The average Bonchev–Trinajstić information content (AvgIpc) is 2.57. The van der Waals surface area contributed by atoms with Gasteiger partial charge in [-0.2, -0.15) is 13.2 Å². The summed E-state index contributed by atoms with van der Waals surface area (Å²) < 4.78 is 37.5. The van der Waals surface area contributed by atoms with E-state index in [0.717, 1.165) is 28.8 Å². The van der Waals surface area contributed by atoms with Crippen LogP contribution < -0.4 is 4.90 Å². The third kappa shape index (κ3) is 2.28. The Kier molecular flexibility index (Phi) is 2.86. The largest absolute Gasteiger partial charge is 0.416 e. The van der Waals surface area contributed by atoms with Gasteiger partial charge in [0.15, 0.2) is 5.17 Å². The number of amides is 1. The molecule has 1 aliphatic heterocycles. The minimum absolute atomic E-state index is 0.0469. The maximum Gasteiger partial charge on any atom is 0.416 e. The fraction of sp³-hybridized carbons (Fsp3) is 0.200. The summed E-state index contributed by atoms with van der Waals surface area (Å²) in [4.78, 5) is 12.4. The van der Waals surface area contributed by atoms with Crippen LogP contribution in [-0.2, 0) is 11.0 Å². The monoisotopic (exact) mass is 260 g/mol. The highest BCUT2D eigenvalue weighted by atomic mass is 32.2. The van der Waals surface area contributed by atoms with Crippen molar-refractivity contribution >= 4 is 28.5 Å². The van der Waals surface area contributed by atoms with Crippen LogP contribution in [0.2, 0.25) is 0 Å². The zero-order chi connectivity index (χ0) is 12.6. The molecule has 0 unspecified atom stereocenters. The second kappa shape index (κ2) is 4.06. The molecule has 0 spiro atoms. The summed E-state index contributed by atoms with van der Waals surface area (Å²) >= 11 is 1.00. The number of amidine groups is 1. The first-order valence-electron chi connectivity index (χ1n) is 4.61. The SMILES string of the molecule is N=C1SCC(=O)N1c1cccc(C(F)(F)F)c1. The molecule has 0 aliphatic carbocycles. The van der Waals surface area contributed by atoms with Crippen LogP contribution in [0.4, 0.5) is 18.9 Å². The number of carbonyl (C=O) groups is 1. The number of carbonyl (C=O) groups excluding carboxylic acids is 1. The Hall–Kier alpha value is -1.50. The number of halogens is 3. The number of thioether (sulfide) groups is 1. The van der Waals surface area contributed by atoms with Crippen molar-refractivity contribution in [3.8, 4) is 0 Å². The van der Waals surface area contributed by atoms with Crippen molar-refractivity contribution in [2.45, 2.75) is 6.18 Å². The van der Waals surface area contributed by atoms with Gasteiger partial charge >= 0.3 is 6.18 Å². The van der Waals surface area contributed by atoms with E-state index in [1.165, 1.54) is 12.1 Å². The predicted molar refractivity (Wildman–Crippen MR) is 59.1 cm³/mol. The summed E-state index contributed by atoms with van der Waals surface area (Å²) in [5.41, 5.74) is -0.743. The molecule has 0 saturated carbocycles. The molecule has 2 rings (SSSR count). The first-order valence-corrected chi connectivity index (χ1v) is 5.60. The van der Waals surface area contributed by atoms with Crippen LogP contribution in [0.5, 0.6) is 0 Å². The molecule has 17 heavy (non-hydrogen) atoms. The van der Waals surface area contributed by atoms with E-state index in [-0.39, 0.29) is 22.5 Å². The highest BCUT2D eigenvalue weighted by Gasteiger charge is 2.33. The highest BCUT2D eigenvalue weighted by molar-refractivity contribution is 8.15. The van der Waals surface area contributed by atoms with Crippen molar-refractivity contribution in [3.63, 3.8) is 0 Å². The predicted octanol–water partition coefficient (Wildman–Crippen LogP) is 2.72. The second-order valence-corrected chi connectivity index (χ2v) is 4.34. The van der Waals surface area contributed by atoms with Crippen LogP contribution >= 0.6 is 11.8 Å². The summed E-state index contributed by atoms with van der Waals surface area (Å²) in [5.74, 6) is -0.283. The second-order valence-electron chi connectivity index (χ2n) is 3.37. The lowest BCUT2D eigenvalue weighted by Gasteiger charge is -2.16. The lowest BCUT2D eigenvalue weighted by Crippen LogP contribution is -2.28. The van der Waals surface area contributed by atoms with Crippen molar-refractivity contribution in [3.05, 3.63) is 29.8 Å². The van der Waals surface area contributed by atoms with Gasteiger partial charge in [-0.05, 0) is 18.2 Å². The quantitative estimate of drug-likeness (QED) is 0.843. The number of benzene rings is 1. The molecule has 1 aliphatic rings. The van der Waals surface area contributed by atoms with Crippen LogP contribution in [-0.4, -0.2) is 16.8 Å². The van der Waals surface area contributed by atoms with Gasteiger partial charge in [-0.1, -0.05) is 17.8 Å². The van der Waals surface area contributed by atoms with Crippen molar-refractivity contribution < 1.29 is 18.0 Å². The molecule has 90 valence electrons. The molecule has 1 fully saturated rings. The molecule has 1 aromatic rings. The molecule has 1 amide bonds. The zero-order valence-electron chi connectivity index (χ0n) is 8.41. The van der Waals surface area contributed by atoms with Crippen molar-refractivity contribution in [2.75, 3.05) is 10.7 Å². The molecular formula is C10H7F3N2OS. The van der Waals surface area contributed by atoms with Crippen LogP contribution in [0.15, 0.2) is 24.3 Å². The topological polar surface area (TPSA) is 44.2 Å². The molecule has 0 aromatic heterocycles. The van der Waals surface area contributed by atoms with Gasteiger partial charge in [0.05, 0.1) is 17.0 Å². The zero-order valence-corrected chi connectivity index (χ0v) is 9.23. The van der Waals surface area contributed by atoms with Crippen molar-refractivity contribution in [2.24, 2.45) is 0 Å². The Labute approximate surface area is 99.1 Å². The lowest BCUT2D eigenvalue weighted by molar-refractivity contribution is -0.137. The smallest absolute Gasteiger partial charge is 0.278 e. The van der Waals surface area contributed by atoms with Crippen molar-refractivity contribution in [1.29, 1.82) is 5.41 Å². The number of hydrogen-bond acceptors (Lipinski definition) is 3. The normalized spacial score (nSPS) is 16.8. The Morgan fingerprint density at radius 3 is 2.59 bits per heavy atom. The number of nitrogens with one attached hydrogen (secondary N) is 1. The van der Waals surface area contributed by atoms with Crippen LogP contribution in [0.3, 0.4) is 0 Å². The van der Waals surface area contributed by atoms with Gasteiger partial charge in [-0.3, -0.25) is 15.1 Å². The maximum atomic E-state index is 12.5. The first-order chi connectivity index (χ1) is 7.89. The molecule has 3 nitrogen and oxygen atoms in total. The molecule has 1 N–H and O–H groups in total. The lowest BCUT2D eigenvalue weighted by atomic mass is 10.2. The fourth-order valence-electron chi connectivity index (χ4n) is 1.46. The molecule has 1 aromatic carbocycles. The van der Waals surface area contributed by atoms with Crippen LogP contribution in [0.25, 0.3) is 0 Å². The van der Waals surface area contributed by atoms with E-state index >= 15 is 0 Å². The minimum Gasteiger partial charge on any atom is -0.278 e. The van der Waals surface area contributed by atoms with E-state index < -0.39 is 11.7 Å². The van der Waals surface area contributed by atoms with E-state index in [1.807, 2.05) is 0 Å². The summed E-state index contributed by atoms with van der Waals surface area (Å²) in [6, 6.07) is 4.41. The first kappa shape index (κ1) is 12.0. The third-order valence-corrected chi connectivity index (χ3v) is 3.06. The van der Waals surface area contributed by atoms with Crippen LogP contribution in [0, 0.1) is 5.41 Å². The third-order valence-electron chi connectivity index (χ3n) is 2.22. The van der Waals surface area contributed by atoms with Gasteiger partial charge in [0.2, 0.25) is 5.91 Å². The molecular weight excluding hydrogens is 253 g/mol. The number of anilines is 1. The Morgan fingerprint density at radius 2 is 2.06 bits per heavy atom. The Balaban J connectivity index is 2.40. The number of alkyl halides is 3. The molecule has 0 bridgehead atoms. The van der Waals surface area contributed by atoms with Gasteiger partial charge in [-0.15, -0.1) is 0 Å². The van der Waals surface area contributed by atoms with E-state index in [1.54, 1.807) is 0 Å². The molecule has 0 radical (unpaired) electrons. The molecule has 1 heterocycles. The summed E-state index contributed by atoms with van der Waals surface area (Å²) in [5, 5.41) is 7.44. The van der Waals surface area contributed by atoms with E-state index in [9.17, 15) is 18.0 Å². The van der Waals surface area contributed by atoms with Gasteiger partial charge in [0.25, 0.3) is 0 Å². The van der Waals surface area contributed by atoms with Gasteiger partial charge in [-0.25, -0.2) is 0 Å². The average molecular weight is 260 g/mol. The molecule has 1 saturated heterocycles. The van der Waals surface area contributed by atoms with Gasteiger partial charge < -0.3 is 0 Å². The standard InChI is InChI=1S/C10H7F3N2OS/c11-10(12,13)6-2-1-3-7(4-6)15-8(16)5-17-9(15)14/h1-4,14H,5H2. The Morgan fingerprint density at radius 1 is 1.35 bits per heavy atom. The summed E-state index contributed by atoms with van der Waals surface area (Å²) in [6.45, 7) is 0. The minimum atomic E-state index is -4.45. The van der Waals surface area contributed by atoms with E-state index in [2.05, 4.69) is 0 Å². The number of hydrogen-bond donors (Lipinski definition) is 1. The van der Waals surface area contributed by atoms with E-state index in [4.69, 9.17) is 5.41 Å². The van der Waals surface area contributed by atoms with Gasteiger partial charge in [0.1, 0.15) is 0 Å². The molecule has 7 heteroatoms. The Bertz CT molecular complexity index is 471. The number of nitrogens with zero attached hydrogens (tertiary/aromatic N) is 1. The molecule has 0 atom stereocenters. The highest BCUT2D eigenvalue weighted by Crippen LogP contribution is 2.33. The fourth-order valence-corrected chi connectivity index (χ4v) is 2.18. The number of rotatable bonds is 1. The summed E-state index contributed by atoms with van der Waals surface area (Å²) in [6.07, 6.45) is -4.45. The van der Waals surface area contributed by atoms with E-state index in [0.29, 0.717) is 0 Å². The maximum absolute atomic E-state index is 12.5. The van der Waals surface area contributed by atoms with Crippen LogP contribution in [0.1, 0.15) is 5.56 Å². The summed E-state index contributed by atoms with van der Waals surface area (Å²) in [7, 11) is 0.